The number of hydrogen-bond donors (Lipinski definition) is 4. The molecule has 0 saturated carbocycles. The average Bonchev–Trinajstić information content (AvgIpc) is 3.03. The van der Waals surface area contributed by atoms with Gasteiger partial charge in [-0.05, 0) is 30.3 Å². The number of H-pyrrole nitrogens is 3. The summed E-state index contributed by atoms with van der Waals surface area (Å²) in [7, 11) is 0. The highest BCUT2D eigenvalue weighted by atomic mass is 16.2. The predicted octanol–water partition coefficient (Wildman–Crippen LogP) is 0.888. The zero-order valence-corrected chi connectivity index (χ0v) is 14.0. The Hall–Kier alpha value is -3.88. The number of benzene rings is 2. The molecule has 4 N–H and O–H groups in total. The molecule has 136 valence electrons. The molecule has 2 aromatic heterocycles. The Kier molecular flexibility index (Phi) is 3.96. The van der Waals surface area contributed by atoms with Crippen molar-refractivity contribution in [3.8, 4) is 0 Å². The molecule has 0 aliphatic rings. The summed E-state index contributed by atoms with van der Waals surface area (Å²) in [5, 5.41) is 5.82. The summed E-state index contributed by atoms with van der Waals surface area (Å²) in [6.45, 7) is 0.0357. The van der Waals surface area contributed by atoms with Crippen LogP contribution in [-0.4, -0.2) is 25.7 Å². The molecule has 0 atom stereocenters. The van der Waals surface area contributed by atoms with Gasteiger partial charge < -0.3 is 15.3 Å². The summed E-state index contributed by atoms with van der Waals surface area (Å²) >= 11 is 0. The van der Waals surface area contributed by atoms with Crippen LogP contribution in [0.1, 0.15) is 6.42 Å². The van der Waals surface area contributed by atoms with E-state index in [-0.39, 0.29) is 35.7 Å². The summed E-state index contributed by atoms with van der Waals surface area (Å²) in [5.41, 5.74) is 0.665. The minimum Gasteiger partial charge on any atom is -0.326 e. The molecule has 9 heteroatoms. The van der Waals surface area contributed by atoms with E-state index in [1.165, 1.54) is 0 Å². The van der Waals surface area contributed by atoms with Crippen molar-refractivity contribution >= 4 is 33.4 Å². The molecule has 4 rings (SSSR count). The highest BCUT2D eigenvalue weighted by Crippen LogP contribution is 2.14. The van der Waals surface area contributed by atoms with E-state index in [0.29, 0.717) is 27.5 Å². The minimum absolute atomic E-state index is 0.00409. The number of amides is 1. The van der Waals surface area contributed by atoms with Gasteiger partial charge in [0.05, 0.1) is 28.4 Å². The lowest BCUT2D eigenvalue weighted by atomic mass is 10.2. The fourth-order valence-corrected chi connectivity index (χ4v) is 2.95. The second-order valence-corrected chi connectivity index (χ2v) is 6.08. The molecule has 0 unspecified atom stereocenters. The maximum Gasteiger partial charge on any atom is 0.323 e. The molecule has 4 aromatic rings. The molecule has 27 heavy (non-hydrogen) atoms. The van der Waals surface area contributed by atoms with Crippen LogP contribution in [0.3, 0.4) is 0 Å². The number of nitrogens with one attached hydrogen (secondary N) is 4. The van der Waals surface area contributed by atoms with Gasteiger partial charge in [-0.1, -0.05) is 12.1 Å². The van der Waals surface area contributed by atoms with Crippen molar-refractivity contribution in [1.82, 2.24) is 19.7 Å². The third kappa shape index (κ3) is 3.17. The van der Waals surface area contributed by atoms with Crippen molar-refractivity contribution in [2.24, 2.45) is 0 Å². The van der Waals surface area contributed by atoms with Crippen LogP contribution < -0.4 is 22.1 Å². The van der Waals surface area contributed by atoms with E-state index in [0.717, 1.165) is 4.68 Å². The number of nitrogens with zero attached hydrogens (tertiary/aromatic N) is 1. The molecule has 0 saturated heterocycles. The summed E-state index contributed by atoms with van der Waals surface area (Å²) in [4.78, 5) is 53.2. The molecule has 0 bridgehead atoms. The highest BCUT2D eigenvalue weighted by Gasteiger charge is 2.09. The first-order chi connectivity index (χ1) is 13.0. The van der Waals surface area contributed by atoms with Gasteiger partial charge in [0.15, 0.2) is 0 Å². The molecule has 2 aromatic carbocycles. The van der Waals surface area contributed by atoms with Gasteiger partial charge in [0.2, 0.25) is 5.91 Å². The van der Waals surface area contributed by atoms with Crippen molar-refractivity contribution in [1.29, 1.82) is 0 Å². The van der Waals surface area contributed by atoms with Crippen LogP contribution in [0.2, 0.25) is 0 Å². The zero-order chi connectivity index (χ0) is 19.0. The van der Waals surface area contributed by atoms with Crippen LogP contribution in [0.5, 0.6) is 0 Å². The van der Waals surface area contributed by atoms with E-state index >= 15 is 0 Å². The van der Waals surface area contributed by atoms with Crippen molar-refractivity contribution in [2.75, 3.05) is 5.32 Å². The highest BCUT2D eigenvalue weighted by molar-refractivity contribution is 5.93. The van der Waals surface area contributed by atoms with Crippen LogP contribution in [-0.2, 0) is 11.3 Å². The lowest BCUT2D eigenvalue weighted by Gasteiger charge is -2.08. The molecule has 9 nitrogen and oxygen atoms in total. The summed E-state index contributed by atoms with van der Waals surface area (Å²) in [6.07, 6.45) is -0.00409. The zero-order valence-electron chi connectivity index (χ0n) is 14.0. The number of aromatic nitrogens is 4. The second-order valence-electron chi connectivity index (χ2n) is 6.08. The standard InChI is InChI=1S/C18H15N5O4/c24-15(19-10-5-6-13-14(9-10)21-18(27)20-13)7-8-23-17(26)12-4-2-1-3-11(12)16(25)22-23/h1-6,9H,7-8H2,(H,19,24)(H,22,25)(H2,20,21,27). The first kappa shape index (κ1) is 16.6. The van der Waals surface area contributed by atoms with Crippen molar-refractivity contribution in [2.45, 2.75) is 13.0 Å². The van der Waals surface area contributed by atoms with Crippen LogP contribution in [0.4, 0.5) is 5.69 Å². The Morgan fingerprint density at radius 1 is 0.963 bits per heavy atom. The summed E-state index contributed by atoms with van der Waals surface area (Å²) < 4.78 is 1.14. The van der Waals surface area contributed by atoms with Crippen LogP contribution in [0.25, 0.3) is 21.8 Å². The van der Waals surface area contributed by atoms with Crippen molar-refractivity contribution in [3.05, 3.63) is 73.7 Å². The van der Waals surface area contributed by atoms with Gasteiger partial charge in [0.1, 0.15) is 0 Å². The molecule has 1 amide bonds. The molecule has 0 spiro atoms. The largest absolute Gasteiger partial charge is 0.326 e. The second kappa shape index (κ2) is 6.45. The molecule has 0 aliphatic carbocycles. The third-order valence-electron chi connectivity index (χ3n) is 4.25. The Morgan fingerprint density at radius 2 is 1.70 bits per heavy atom. The third-order valence-corrected chi connectivity index (χ3v) is 4.25. The lowest BCUT2D eigenvalue weighted by Crippen LogP contribution is -2.31. The Balaban J connectivity index is 1.51. The Morgan fingerprint density at radius 3 is 2.52 bits per heavy atom. The number of aromatic amines is 3. The molecule has 2 heterocycles. The van der Waals surface area contributed by atoms with E-state index in [9.17, 15) is 19.2 Å². The molecule has 0 aliphatic heterocycles. The van der Waals surface area contributed by atoms with Crippen LogP contribution >= 0.6 is 0 Å². The summed E-state index contributed by atoms with van der Waals surface area (Å²) in [5.74, 6) is -0.326. The van der Waals surface area contributed by atoms with Gasteiger partial charge in [-0.15, -0.1) is 0 Å². The van der Waals surface area contributed by atoms with Crippen LogP contribution in [0, 0.1) is 0 Å². The van der Waals surface area contributed by atoms with E-state index in [4.69, 9.17) is 0 Å². The number of carbonyl (C=O) groups is 1. The maximum atomic E-state index is 12.4. The first-order valence-corrected chi connectivity index (χ1v) is 8.25. The lowest BCUT2D eigenvalue weighted by molar-refractivity contribution is -0.116. The van der Waals surface area contributed by atoms with Gasteiger partial charge in [0.25, 0.3) is 11.1 Å². The molecule has 0 radical (unpaired) electrons. The molecular weight excluding hydrogens is 350 g/mol. The van der Waals surface area contributed by atoms with Gasteiger partial charge in [-0.3, -0.25) is 19.5 Å². The van der Waals surface area contributed by atoms with E-state index in [1.807, 2.05) is 0 Å². The molecular formula is C18H15N5O4. The quantitative estimate of drug-likeness (QED) is 0.427. The fraction of sp³-hybridized carbons (Fsp3) is 0.111. The Labute approximate surface area is 150 Å². The number of hydrogen-bond acceptors (Lipinski definition) is 4. The fourth-order valence-electron chi connectivity index (χ4n) is 2.95. The van der Waals surface area contributed by atoms with E-state index in [2.05, 4.69) is 20.4 Å². The monoisotopic (exact) mass is 365 g/mol. The number of aryl methyl sites for hydroxylation is 1. The molecule has 0 fully saturated rings. The summed E-state index contributed by atoms with van der Waals surface area (Å²) in [6, 6.07) is 11.5. The normalized spacial score (nSPS) is 11.1. The van der Waals surface area contributed by atoms with Crippen molar-refractivity contribution in [3.63, 3.8) is 0 Å². The van der Waals surface area contributed by atoms with E-state index in [1.54, 1.807) is 42.5 Å². The Bertz CT molecular complexity index is 1340. The number of rotatable bonds is 4. The number of anilines is 1. The number of carbonyl (C=O) groups excluding carboxylic acids is 1. The van der Waals surface area contributed by atoms with Gasteiger partial charge >= 0.3 is 5.69 Å². The van der Waals surface area contributed by atoms with Crippen molar-refractivity contribution < 1.29 is 4.79 Å². The van der Waals surface area contributed by atoms with E-state index < -0.39 is 0 Å². The number of imidazole rings is 1. The van der Waals surface area contributed by atoms with Gasteiger partial charge in [0, 0.05) is 12.1 Å². The predicted molar refractivity (Wildman–Crippen MR) is 101 cm³/mol. The SMILES string of the molecule is O=C(CCn1[nH]c(=O)c2ccccc2c1=O)Nc1ccc2[nH]c(=O)[nH]c2c1. The van der Waals surface area contributed by atoms with Crippen LogP contribution in [0.15, 0.2) is 56.8 Å². The average molecular weight is 365 g/mol. The van der Waals surface area contributed by atoms with Gasteiger partial charge in [-0.2, -0.15) is 0 Å². The minimum atomic E-state index is -0.382. The maximum absolute atomic E-state index is 12.4. The van der Waals surface area contributed by atoms with Gasteiger partial charge in [-0.25, -0.2) is 9.48 Å². The number of fused-ring (bicyclic) bond motifs is 2. The topological polar surface area (TPSA) is 133 Å². The first-order valence-electron chi connectivity index (χ1n) is 8.25. The smallest absolute Gasteiger partial charge is 0.323 e.